The number of ether oxygens (including phenoxy) is 1. The lowest BCUT2D eigenvalue weighted by Crippen LogP contribution is -2.31. The molecule has 1 aliphatic rings. The van der Waals surface area contributed by atoms with E-state index in [9.17, 15) is 13.2 Å². The fourth-order valence-electron chi connectivity index (χ4n) is 4.18. The summed E-state index contributed by atoms with van der Waals surface area (Å²) in [6, 6.07) is 18.8. The Bertz CT molecular complexity index is 1320. The predicted molar refractivity (Wildman–Crippen MR) is 127 cm³/mol. The number of hydrogen-bond donors (Lipinski definition) is 0. The molecule has 35 heavy (non-hydrogen) atoms. The molecule has 0 saturated carbocycles. The van der Waals surface area contributed by atoms with Crippen LogP contribution in [0.4, 0.5) is 13.2 Å². The van der Waals surface area contributed by atoms with Gasteiger partial charge in [-0.2, -0.15) is 13.2 Å². The lowest BCUT2D eigenvalue weighted by molar-refractivity contribution is -0.137. The maximum absolute atomic E-state index is 12.8. The number of fused-ring (bicyclic) bond motifs is 1. The highest BCUT2D eigenvalue weighted by molar-refractivity contribution is 5.60. The van der Waals surface area contributed by atoms with Crippen molar-refractivity contribution in [1.29, 1.82) is 0 Å². The Morgan fingerprint density at radius 3 is 2.37 bits per heavy atom. The SMILES string of the molecule is COc1ccc(-c2cccc(CN3CCc4nc(-c5ccc(C(F)(F)F)cc5)ncc4C3)n2)cc1. The van der Waals surface area contributed by atoms with Gasteiger partial charge in [0.2, 0.25) is 0 Å². The van der Waals surface area contributed by atoms with Crippen molar-refractivity contribution < 1.29 is 17.9 Å². The average molecular weight is 477 g/mol. The van der Waals surface area contributed by atoms with Gasteiger partial charge >= 0.3 is 6.18 Å². The summed E-state index contributed by atoms with van der Waals surface area (Å²) in [6.45, 7) is 2.20. The largest absolute Gasteiger partial charge is 0.497 e. The first kappa shape index (κ1) is 23.0. The number of nitrogens with zero attached hydrogens (tertiary/aromatic N) is 4. The fourth-order valence-corrected chi connectivity index (χ4v) is 4.18. The van der Waals surface area contributed by atoms with Crippen molar-refractivity contribution in [2.75, 3.05) is 13.7 Å². The number of rotatable bonds is 5. The van der Waals surface area contributed by atoms with E-state index in [1.54, 1.807) is 13.3 Å². The Kier molecular flexibility index (Phi) is 6.21. The molecule has 0 N–H and O–H groups in total. The molecule has 8 heteroatoms. The van der Waals surface area contributed by atoms with E-state index in [2.05, 4.69) is 14.9 Å². The topological polar surface area (TPSA) is 51.1 Å². The summed E-state index contributed by atoms with van der Waals surface area (Å²) in [4.78, 5) is 16.2. The maximum Gasteiger partial charge on any atom is 0.416 e. The summed E-state index contributed by atoms with van der Waals surface area (Å²) >= 11 is 0. The van der Waals surface area contributed by atoms with Crippen molar-refractivity contribution in [2.45, 2.75) is 25.7 Å². The van der Waals surface area contributed by atoms with Crippen LogP contribution in [0.2, 0.25) is 0 Å². The second-order valence-electron chi connectivity index (χ2n) is 8.44. The normalized spacial score (nSPS) is 13.9. The zero-order chi connectivity index (χ0) is 24.4. The van der Waals surface area contributed by atoms with Crippen molar-refractivity contribution in [1.82, 2.24) is 19.9 Å². The van der Waals surface area contributed by atoms with E-state index < -0.39 is 11.7 Å². The van der Waals surface area contributed by atoms with E-state index in [0.717, 1.165) is 59.1 Å². The Hall–Kier alpha value is -3.78. The summed E-state index contributed by atoms with van der Waals surface area (Å²) in [5.74, 6) is 1.25. The summed E-state index contributed by atoms with van der Waals surface area (Å²) in [5.41, 5.74) is 4.77. The summed E-state index contributed by atoms with van der Waals surface area (Å²) in [6.07, 6.45) is -1.84. The minimum Gasteiger partial charge on any atom is -0.497 e. The molecule has 0 bridgehead atoms. The monoisotopic (exact) mass is 476 g/mol. The molecule has 0 radical (unpaired) electrons. The van der Waals surface area contributed by atoms with Gasteiger partial charge < -0.3 is 4.74 Å². The van der Waals surface area contributed by atoms with Crippen LogP contribution in [-0.2, 0) is 25.7 Å². The second kappa shape index (κ2) is 9.46. The first-order valence-corrected chi connectivity index (χ1v) is 11.2. The zero-order valence-corrected chi connectivity index (χ0v) is 19.1. The minimum absolute atomic E-state index is 0.444. The summed E-state index contributed by atoms with van der Waals surface area (Å²) in [7, 11) is 1.64. The smallest absolute Gasteiger partial charge is 0.416 e. The zero-order valence-electron chi connectivity index (χ0n) is 19.1. The summed E-state index contributed by atoms with van der Waals surface area (Å²) < 4.78 is 43.7. The molecule has 0 unspecified atom stereocenters. The van der Waals surface area contributed by atoms with Crippen molar-refractivity contribution in [3.63, 3.8) is 0 Å². The van der Waals surface area contributed by atoms with Crippen LogP contribution < -0.4 is 4.74 Å². The number of halogens is 3. The number of benzene rings is 2. The molecule has 2 aromatic heterocycles. The number of pyridine rings is 1. The van der Waals surface area contributed by atoms with Crippen LogP contribution in [0.25, 0.3) is 22.6 Å². The quantitative estimate of drug-likeness (QED) is 0.365. The van der Waals surface area contributed by atoms with Crippen LogP contribution in [0, 0.1) is 0 Å². The maximum atomic E-state index is 12.8. The summed E-state index contributed by atoms with van der Waals surface area (Å²) in [5, 5.41) is 0. The molecule has 0 amide bonds. The van der Waals surface area contributed by atoms with Gasteiger partial charge in [0.1, 0.15) is 5.75 Å². The fraction of sp³-hybridized carbons (Fsp3) is 0.222. The molecule has 5 nitrogen and oxygen atoms in total. The van der Waals surface area contributed by atoms with Crippen molar-refractivity contribution in [3.8, 4) is 28.4 Å². The molecular weight excluding hydrogens is 453 g/mol. The Morgan fingerprint density at radius 2 is 1.66 bits per heavy atom. The molecule has 4 aromatic rings. The van der Waals surface area contributed by atoms with Crippen molar-refractivity contribution >= 4 is 0 Å². The number of hydrogen-bond acceptors (Lipinski definition) is 5. The lowest BCUT2D eigenvalue weighted by atomic mass is 10.1. The molecule has 0 saturated heterocycles. The highest BCUT2D eigenvalue weighted by Crippen LogP contribution is 2.31. The predicted octanol–water partition coefficient (Wildman–Crippen LogP) is 5.79. The average Bonchev–Trinajstić information content (AvgIpc) is 2.88. The van der Waals surface area contributed by atoms with Crippen molar-refractivity contribution in [3.05, 3.63) is 95.4 Å². The first-order valence-electron chi connectivity index (χ1n) is 11.2. The highest BCUT2D eigenvalue weighted by atomic mass is 19.4. The number of methoxy groups -OCH3 is 1. The van der Waals surface area contributed by atoms with E-state index in [-0.39, 0.29) is 0 Å². The van der Waals surface area contributed by atoms with Crippen LogP contribution in [-0.4, -0.2) is 33.5 Å². The molecule has 1 aliphatic heterocycles. The number of aromatic nitrogens is 3. The van der Waals surface area contributed by atoms with Crippen LogP contribution in [0.3, 0.4) is 0 Å². The highest BCUT2D eigenvalue weighted by Gasteiger charge is 2.30. The van der Waals surface area contributed by atoms with Crippen LogP contribution in [0.15, 0.2) is 72.9 Å². The second-order valence-corrected chi connectivity index (χ2v) is 8.44. The third-order valence-electron chi connectivity index (χ3n) is 6.06. The van der Waals surface area contributed by atoms with Gasteiger partial charge in [-0.3, -0.25) is 9.88 Å². The molecule has 0 fully saturated rings. The van der Waals surface area contributed by atoms with Gasteiger partial charge in [0, 0.05) is 48.9 Å². The third-order valence-corrected chi connectivity index (χ3v) is 6.06. The van der Waals surface area contributed by atoms with Crippen LogP contribution >= 0.6 is 0 Å². The molecule has 0 atom stereocenters. The minimum atomic E-state index is -4.36. The van der Waals surface area contributed by atoms with Gasteiger partial charge in [-0.05, 0) is 48.5 Å². The van der Waals surface area contributed by atoms with Crippen molar-refractivity contribution in [2.24, 2.45) is 0 Å². The number of alkyl halides is 3. The van der Waals surface area contributed by atoms with E-state index >= 15 is 0 Å². The first-order chi connectivity index (χ1) is 16.9. The molecule has 0 aliphatic carbocycles. The Labute approximate surface area is 201 Å². The Morgan fingerprint density at radius 1 is 0.914 bits per heavy atom. The standard InChI is InChI=1S/C27H23F3N4O/c1-35-23-11-7-18(8-12-23)24-4-2-3-22(32-24)17-34-14-13-25-20(16-34)15-31-26(33-25)19-5-9-21(10-6-19)27(28,29)30/h2-12,15H,13-14,16-17H2,1H3. The third kappa shape index (κ3) is 5.17. The van der Waals surface area contributed by atoms with E-state index in [4.69, 9.17) is 9.72 Å². The Balaban J connectivity index is 1.28. The molecule has 178 valence electrons. The molecule has 0 spiro atoms. The lowest BCUT2D eigenvalue weighted by Gasteiger charge is -2.27. The van der Waals surface area contributed by atoms with Gasteiger partial charge in [0.25, 0.3) is 0 Å². The van der Waals surface area contributed by atoms with Gasteiger partial charge in [-0.15, -0.1) is 0 Å². The van der Waals surface area contributed by atoms with E-state index in [1.165, 1.54) is 12.1 Å². The van der Waals surface area contributed by atoms with Gasteiger partial charge in [-0.1, -0.05) is 18.2 Å². The van der Waals surface area contributed by atoms with Gasteiger partial charge in [-0.25, -0.2) is 9.97 Å². The van der Waals surface area contributed by atoms with Gasteiger partial charge in [0.05, 0.1) is 29.8 Å². The molecular formula is C27H23F3N4O. The van der Waals surface area contributed by atoms with Crippen LogP contribution in [0.1, 0.15) is 22.5 Å². The molecule has 5 rings (SSSR count). The van der Waals surface area contributed by atoms with E-state index in [0.29, 0.717) is 24.5 Å². The molecule has 2 aromatic carbocycles. The van der Waals surface area contributed by atoms with E-state index in [1.807, 2.05) is 42.5 Å². The van der Waals surface area contributed by atoms with Crippen LogP contribution in [0.5, 0.6) is 5.75 Å². The van der Waals surface area contributed by atoms with Gasteiger partial charge in [0.15, 0.2) is 5.82 Å². The molecule has 3 heterocycles.